The van der Waals surface area contributed by atoms with E-state index in [-0.39, 0.29) is 5.97 Å². The maximum atomic E-state index is 10.9. The first-order chi connectivity index (χ1) is 9.81. The van der Waals surface area contributed by atoms with Crippen molar-refractivity contribution in [2.45, 2.75) is 90.4 Å². The summed E-state index contributed by atoms with van der Waals surface area (Å²) in [5, 5.41) is 0. The number of allylic oxidation sites excluding steroid dienone is 2. The van der Waals surface area contributed by atoms with Crippen molar-refractivity contribution < 1.29 is 9.53 Å². The summed E-state index contributed by atoms with van der Waals surface area (Å²) in [5.41, 5.74) is 0. The second kappa shape index (κ2) is 16.3. The highest BCUT2D eigenvalue weighted by Crippen LogP contribution is 2.09. The van der Waals surface area contributed by atoms with Gasteiger partial charge in [0.15, 0.2) is 0 Å². The van der Waals surface area contributed by atoms with Gasteiger partial charge in [-0.15, -0.1) is 0 Å². The average Bonchev–Trinajstić information content (AvgIpc) is 2.47. The second-order valence-electron chi connectivity index (χ2n) is 5.56. The van der Waals surface area contributed by atoms with Crippen LogP contribution in [0.15, 0.2) is 12.2 Å². The van der Waals surface area contributed by atoms with E-state index in [1.54, 1.807) is 0 Å². The number of carbonyl (C=O) groups excluding carboxylic acids is 1. The average molecular weight is 282 g/mol. The molecule has 0 heterocycles. The molecule has 0 radical (unpaired) electrons. The molecule has 0 amide bonds. The third-order valence-corrected chi connectivity index (χ3v) is 3.62. The summed E-state index contributed by atoms with van der Waals surface area (Å²) >= 11 is 0. The zero-order valence-corrected chi connectivity index (χ0v) is 13.7. The molecule has 0 aliphatic rings. The molecule has 0 rings (SSSR count). The van der Waals surface area contributed by atoms with Crippen LogP contribution in [0.2, 0.25) is 0 Å². The van der Waals surface area contributed by atoms with Crippen molar-refractivity contribution in [2.75, 3.05) is 7.11 Å². The third kappa shape index (κ3) is 15.3. The van der Waals surface area contributed by atoms with Crippen LogP contribution in [0.25, 0.3) is 0 Å². The van der Waals surface area contributed by atoms with E-state index in [0.717, 1.165) is 12.8 Å². The molecule has 0 aromatic heterocycles. The van der Waals surface area contributed by atoms with Crippen LogP contribution >= 0.6 is 0 Å². The number of rotatable bonds is 14. The molecule has 2 heteroatoms. The zero-order valence-electron chi connectivity index (χ0n) is 13.7. The smallest absolute Gasteiger partial charge is 0.305 e. The first-order valence-electron chi connectivity index (χ1n) is 8.53. The largest absolute Gasteiger partial charge is 0.469 e. The monoisotopic (exact) mass is 282 g/mol. The summed E-state index contributed by atoms with van der Waals surface area (Å²) in [5.74, 6) is -0.0770. The highest BCUT2D eigenvalue weighted by Gasteiger charge is 1.98. The number of esters is 1. The van der Waals surface area contributed by atoms with Gasteiger partial charge >= 0.3 is 5.97 Å². The quantitative estimate of drug-likeness (QED) is 0.228. The first-order valence-corrected chi connectivity index (χ1v) is 8.53. The molecule has 0 saturated carbocycles. The van der Waals surface area contributed by atoms with E-state index in [9.17, 15) is 4.79 Å². The van der Waals surface area contributed by atoms with Crippen LogP contribution in [0.5, 0.6) is 0 Å². The van der Waals surface area contributed by atoms with Crippen molar-refractivity contribution in [1.29, 1.82) is 0 Å². The Morgan fingerprint density at radius 1 is 0.800 bits per heavy atom. The molecule has 2 nitrogen and oxygen atoms in total. The number of ether oxygens (including phenoxy) is 1. The third-order valence-electron chi connectivity index (χ3n) is 3.62. The summed E-state index contributed by atoms with van der Waals surface area (Å²) in [6.07, 6.45) is 20.5. The number of methoxy groups -OCH3 is 1. The van der Waals surface area contributed by atoms with Gasteiger partial charge in [-0.05, 0) is 32.1 Å². The Hall–Kier alpha value is -0.790. The van der Waals surface area contributed by atoms with Gasteiger partial charge in [-0.25, -0.2) is 0 Å². The highest BCUT2D eigenvalue weighted by atomic mass is 16.5. The van der Waals surface area contributed by atoms with Crippen molar-refractivity contribution in [2.24, 2.45) is 0 Å². The molecule has 0 saturated heterocycles. The minimum atomic E-state index is -0.0770. The van der Waals surface area contributed by atoms with Gasteiger partial charge in [0.1, 0.15) is 0 Å². The molecule has 0 aromatic carbocycles. The van der Waals surface area contributed by atoms with Gasteiger partial charge in [0, 0.05) is 6.42 Å². The van der Waals surface area contributed by atoms with Gasteiger partial charge < -0.3 is 4.74 Å². The minimum Gasteiger partial charge on any atom is -0.469 e. The maximum absolute atomic E-state index is 10.9. The van der Waals surface area contributed by atoms with Crippen LogP contribution in [-0.4, -0.2) is 13.1 Å². The minimum absolute atomic E-state index is 0.0770. The fourth-order valence-corrected chi connectivity index (χ4v) is 2.27. The van der Waals surface area contributed by atoms with Crippen LogP contribution < -0.4 is 0 Å². The van der Waals surface area contributed by atoms with E-state index in [2.05, 4.69) is 23.8 Å². The molecule has 118 valence electrons. The van der Waals surface area contributed by atoms with E-state index in [4.69, 9.17) is 0 Å². The van der Waals surface area contributed by atoms with Crippen molar-refractivity contribution in [3.05, 3.63) is 12.2 Å². The summed E-state index contributed by atoms with van der Waals surface area (Å²) in [6.45, 7) is 2.26. The standard InChI is InChI=1S/C18H34O2/c1-3-4-5-6-7-8-9-10-11-12-13-14-15-16-17-18(19)20-2/h9-10H,3-8,11-17H2,1-2H3. The van der Waals surface area contributed by atoms with Crippen LogP contribution in [0.1, 0.15) is 90.4 Å². The van der Waals surface area contributed by atoms with Crippen LogP contribution in [0.3, 0.4) is 0 Å². The van der Waals surface area contributed by atoms with E-state index in [1.165, 1.54) is 71.3 Å². The van der Waals surface area contributed by atoms with E-state index < -0.39 is 0 Å². The van der Waals surface area contributed by atoms with Crippen LogP contribution in [0, 0.1) is 0 Å². The first kappa shape index (κ1) is 19.2. The highest BCUT2D eigenvalue weighted by molar-refractivity contribution is 5.68. The van der Waals surface area contributed by atoms with Crippen molar-refractivity contribution in [3.63, 3.8) is 0 Å². The van der Waals surface area contributed by atoms with Gasteiger partial charge in [-0.1, -0.05) is 64.0 Å². The Balaban J connectivity index is 3.10. The molecule has 0 aromatic rings. The van der Waals surface area contributed by atoms with E-state index in [0.29, 0.717) is 6.42 Å². The molecular formula is C18H34O2. The number of hydrogen-bond donors (Lipinski definition) is 0. The van der Waals surface area contributed by atoms with Gasteiger partial charge in [0.05, 0.1) is 7.11 Å². The Bertz CT molecular complexity index is 234. The van der Waals surface area contributed by atoms with Crippen LogP contribution in [-0.2, 0) is 9.53 Å². The molecule has 0 unspecified atom stereocenters. The normalized spacial score (nSPS) is 11.1. The molecule has 0 aliphatic carbocycles. The maximum Gasteiger partial charge on any atom is 0.305 e. The molecule has 0 spiro atoms. The van der Waals surface area contributed by atoms with Crippen LogP contribution in [0.4, 0.5) is 0 Å². The molecular weight excluding hydrogens is 248 g/mol. The Morgan fingerprint density at radius 2 is 1.30 bits per heavy atom. The van der Waals surface area contributed by atoms with Gasteiger partial charge in [-0.3, -0.25) is 4.79 Å². The Labute approximate surface area is 126 Å². The van der Waals surface area contributed by atoms with Gasteiger partial charge in [0.25, 0.3) is 0 Å². The SMILES string of the molecule is CCCCCCCC=CCCCCCCCC(=O)OC. The summed E-state index contributed by atoms with van der Waals surface area (Å²) < 4.78 is 4.62. The fraction of sp³-hybridized carbons (Fsp3) is 0.833. The number of hydrogen-bond acceptors (Lipinski definition) is 2. The zero-order chi connectivity index (χ0) is 14.9. The molecule has 0 fully saturated rings. The molecule has 0 N–H and O–H groups in total. The van der Waals surface area contributed by atoms with Crippen molar-refractivity contribution in [1.82, 2.24) is 0 Å². The van der Waals surface area contributed by atoms with Gasteiger partial charge in [-0.2, -0.15) is 0 Å². The lowest BCUT2D eigenvalue weighted by Gasteiger charge is -2.00. The van der Waals surface area contributed by atoms with Crippen molar-refractivity contribution >= 4 is 5.97 Å². The predicted octanol–water partition coefficient (Wildman–Crippen LogP) is 5.81. The Kier molecular flexibility index (Phi) is 15.6. The van der Waals surface area contributed by atoms with Crippen molar-refractivity contribution in [3.8, 4) is 0 Å². The number of unbranched alkanes of at least 4 members (excludes halogenated alkanes) is 10. The molecule has 0 atom stereocenters. The lowest BCUT2D eigenvalue weighted by atomic mass is 10.1. The summed E-state index contributed by atoms with van der Waals surface area (Å²) in [4.78, 5) is 10.9. The lowest BCUT2D eigenvalue weighted by Crippen LogP contribution is -1.98. The number of carbonyl (C=O) groups is 1. The second-order valence-corrected chi connectivity index (χ2v) is 5.56. The molecule has 0 bridgehead atoms. The molecule has 20 heavy (non-hydrogen) atoms. The molecule has 0 aliphatic heterocycles. The fourth-order valence-electron chi connectivity index (χ4n) is 2.27. The predicted molar refractivity (Wildman–Crippen MR) is 86.9 cm³/mol. The van der Waals surface area contributed by atoms with Gasteiger partial charge in [0.2, 0.25) is 0 Å². The van der Waals surface area contributed by atoms with E-state index in [1.807, 2.05) is 0 Å². The van der Waals surface area contributed by atoms with E-state index >= 15 is 0 Å². The lowest BCUT2D eigenvalue weighted by molar-refractivity contribution is -0.140. The Morgan fingerprint density at radius 3 is 1.85 bits per heavy atom. The summed E-state index contributed by atoms with van der Waals surface area (Å²) in [6, 6.07) is 0. The summed E-state index contributed by atoms with van der Waals surface area (Å²) in [7, 11) is 1.46. The topological polar surface area (TPSA) is 26.3 Å².